The Morgan fingerprint density at radius 1 is 1.19 bits per heavy atom. The molecule has 1 aliphatic rings. The molecule has 1 amide bonds. The predicted molar refractivity (Wildman–Crippen MR) is 128 cm³/mol. The van der Waals surface area contributed by atoms with E-state index in [1.165, 1.54) is 11.8 Å². The second-order valence-electron chi connectivity index (χ2n) is 7.14. The van der Waals surface area contributed by atoms with Gasteiger partial charge in [0.2, 0.25) is 11.8 Å². The van der Waals surface area contributed by atoms with Crippen LogP contribution < -0.4 is 10.2 Å². The average Bonchev–Trinajstić information content (AvgIpc) is 3.22. The monoisotopic (exact) mass is 521 g/mol. The first-order valence-electron chi connectivity index (χ1n) is 9.74. The highest BCUT2D eigenvalue weighted by Gasteiger charge is 2.19. The molecule has 1 aromatic heterocycles. The van der Waals surface area contributed by atoms with Crippen LogP contribution in [0.25, 0.3) is 11.5 Å². The molecule has 1 fully saturated rings. The topological polar surface area (TPSA) is 74.5 Å². The van der Waals surface area contributed by atoms with E-state index >= 15 is 0 Å². The third-order valence-electron chi connectivity index (χ3n) is 4.91. The zero-order valence-electron chi connectivity index (χ0n) is 16.8. The molecule has 0 radical (unpaired) electrons. The first kappa shape index (κ1) is 22.1. The van der Waals surface area contributed by atoms with Crippen molar-refractivity contribution in [1.29, 1.82) is 0 Å². The van der Waals surface area contributed by atoms with Gasteiger partial charge in [-0.1, -0.05) is 35.5 Å². The standard InChI is InChI=1S/C21H21BrClN5O2S/c1-27-8-10-28(11-9-27)18-7-6-14(23)12-17(18)24-19(29)13-31-21-26-25-20(30-21)15-4-2-3-5-16(15)22/h2-7,12H,8-11,13H2,1H3,(H,24,29). The van der Waals surface area contributed by atoms with E-state index in [4.69, 9.17) is 16.0 Å². The summed E-state index contributed by atoms with van der Waals surface area (Å²) in [7, 11) is 2.11. The van der Waals surface area contributed by atoms with Crippen LogP contribution in [0.1, 0.15) is 0 Å². The Morgan fingerprint density at radius 3 is 2.74 bits per heavy atom. The number of aromatic nitrogens is 2. The molecule has 31 heavy (non-hydrogen) atoms. The van der Waals surface area contributed by atoms with E-state index in [1.54, 1.807) is 6.07 Å². The fourth-order valence-electron chi connectivity index (χ4n) is 3.26. The van der Waals surface area contributed by atoms with Crippen molar-refractivity contribution in [2.45, 2.75) is 5.22 Å². The van der Waals surface area contributed by atoms with Crippen LogP contribution in [0.3, 0.4) is 0 Å². The minimum absolute atomic E-state index is 0.145. The van der Waals surface area contributed by atoms with Crippen molar-refractivity contribution in [3.8, 4) is 11.5 Å². The number of thioether (sulfide) groups is 1. The zero-order valence-corrected chi connectivity index (χ0v) is 20.0. The number of anilines is 2. The number of benzene rings is 2. The van der Waals surface area contributed by atoms with Crippen molar-refractivity contribution in [2.24, 2.45) is 0 Å². The Bertz CT molecular complexity index is 1070. The second kappa shape index (κ2) is 10.0. The van der Waals surface area contributed by atoms with Crippen LogP contribution in [-0.4, -0.2) is 60.0 Å². The fourth-order valence-corrected chi connectivity index (χ4v) is 4.45. The fraction of sp³-hybridized carbons (Fsp3) is 0.286. The lowest BCUT2D eigenvalue weighted by molar-refractivity contribution is -0.113. The lowest BCUT2D eigenvalue weighted by Gasteiger charge is -2.35. The molecule has 0 unspecified atom stereocenters. The van der Waals surface area contributed by atoms with Gasteiger partial charge in [0.15, 0.2) is 0 Å². The number of likely N-dealkylation sites (N-methyl/N-ethyl adjacent to an activating group) is 1. The van der Waals surface area contributed by atoms with Crippen LogP contribution in [0.5, 0.6) is 0 Å². The average molecular weight is 523 g/mol. The molecule has 0 bridgehead atoms. The number of hydrogen-bond acceptors (Lipinski definition) is 7. The Balaban J connectivity index is 1.39. The molecule has 4 rings (SSSR count). The quantitative estimate of drug-likeness (QED) is 0.473. The number of rotatable bonds is 6. The second-order valence-corrected chi connectivity index (χ2v) is 9.36. The molecular weight excluding hydrogens is 502 g/mol. The van der Waals surface area contributed by atoms with Gasteiger partial charge in [0, 0.05) is 35.7 Å². The molecule has 1 saturated heterocycles. The third kappa shape index (κ3) is 5.60. The molecule has 7 nitrogen and oxygen atoms in total. The van der Waals surface area contributed by atoms with Gasteiger partial charge in [-0.3, -0.25) is 4.79 Å². The molecule has 2 heterocycles. The first-order chi connectivity index (χ1) is 15.0. The molecule has 3 aromatic rings. The van der Waals surface area contributed by atoms with Crippen LogP contribution in [0.4, 0.5) is 11.4 Å². The number of nitrogens with zero attached hydrogens (tertiary/aromatic N) is 4. The Morgan fingerprint density at radius 2 is 1.97 bits per heavy atom. The Labute approximate surface area is 198 Å². The normalized spacial score (nSPS) is 14.6. The number of piperazine rings is 1. The predicted octanol–water partition coefficient (Wildman–Crippen LogP) is 4.64. The van der Waals surface area contributed by atoms with Gasteiger partial charge in [-0.15, -0.1) is 10.2 Å². The molecule has 10 heteroatoms. The lowest BCUT2D eigenvalue weighted by atomic mass is 10.2. The van der Waals surface area contributed by atoms with E-state index in [9.17, 15) is 4.79 Å². The summed E-state index contributed by atoms with van der Waals surface area (Å²) in [5.74, 6) is 0.387. The SMILES string of the molecule is CN1CCN(c2ccc(Cl)cc2NC(=O)CSc2nnc(-c3ccccc3Br)o2)CC1. The summed E-state index contributed by atoms with van der Waals surface area (Å²) in [5, 5.41) is 12.0. The summed E-state index contributed by atoms with van der Waals surface area (Å²) >= 11 is 10.9. The zero-order chi connectivity index (χ0) is 21.8. The van der Waals surface area contributed by atoms with E-state index in [0.717, 1.165) is 41.9 Å². The summed E-state index contributed by atoms with van der Waals surface area (Å²) in [6, 6.07) is 13.2. The van der Waals surface area contributed by atoms with Crippen LogP contribution >= 0.6 is 39.3 Å². The molecular formula is C21H21BrClN5O2S. The minimum Gasteiger partial charge on any atom is -0.411 e. The van der Waals surface area contributed by atoms with E-state index in [2.05, 4.69) is 48.3 Å². The third-order valence-corrected chi connectivity index (χ3v) is 6.66. The lowest BCUT2D eigenvalue weighted by Crippen LogP contribution is -2.44. The molecule has 0 atom stereocenters. The number of halogens is 2. The molecule has 0 saturated carbocycles. The molecule has 2 aromatic carbocycles. The van der Waals surface area contributed by atoms with Crippen LogP contribution in [0.15, 0.2) is 56.6 Å². The van der Waals surface area contributed by atoms with E-state index < -0.39 is 0 Å². The molecule has 1 aliphatic heterocycles. The number of carbonyl (C=O) groups is 1. The summed E-state index contributed by atoms with van der Waals surface area (Å²) in [6.07, 6.45) is 0. The maximum atomic E-state index is 12.6. The number of carbonyl (C=O) groups excluding carboxylic acids is 1. The molecule has 1 N–H and O–H groups in total. The van der Waals surface area contributed by atoms with E-state index in [1.807, 2.05) is 36.4 Å². The van der Waals surface area contributed by atoms with Gasteiger partial charge < -0.3 is 19.5 Å². The number of amides is 1. The highest BCUT2D eigenvalue weighted by atomic mass is 79.9. The first-order valence-corrected chi connectivity index (χ1v) is 11.9. The van der Waals surface area contributed by atoms with Gasteiger partial charge in [0.1, 0.15) is 0 Å². The van der Waals surface area contributed by atoms with Crippen LogP contribution in [-0.2, 0) is 4.79 Å². The highest BCUT2D eigenvalue weighted by Crippen LogP contribution is 2.31. The van der Waals surface area contributed by atoms with Gasteiger partial charge in [0.05, 0.1) is 22.7 Å². The van der Waals surface area contributed by atoms with Crippen LogP contribution in [0, 0.1) is 0 Å². The van der Waals surface area contributed by atoms with Gasteiger partial charge in [-0.2, -0.15) is 0 Å². The van der Waals surface area contributed by atoms with E-state index in [-0.39, 0.29) is 11.7 Å². The summed E-state index contributed by atoms with van der Waals surface area (Å²) < 4.78 is 6.56. The van der Waals surface area contributed by atoms with Crippen molar-refractivity contribution in [1.82, 2.24) is 15.1 Å². The van der Waals surface area contributed by atoms with Gasteiger partial charge in [0.25, 0.3) is 5.22 Å². The summed E-state index contributed by atoms with van der Waals surface area (Å²) in [4.78, 5) is 17.2. The number of hydrogen-bond donors (Lipinski definition) is 1. The molecule has 0 spiro atoms. The smallest absolute Gasteiger partial charge is 0.277 e. The van der Waals surface area contributed by atoms with Crippen LogP contribution in [0.2, 0.25) is 5.02 Å². The maximum Gasteiger partial charge on any atom is 0.277 e. The van der Waals surface area contributed by atoms with E-state index in [0.29, 0.717) is 21.8 Å². The van der Waals surface area contributed by atoms with Gasteiger partial charge >= 0.3 is 0 Å². The Kier molecular flexibility index (Phi) is 7.16. The minimum atomic E-state index is -0.164. The van der Waals surface area contributed by atoms with Crippen molar-refractivity contribution in [3.63, 3.8) is 0 Å². The maximum absolute atomic E-state index is 12.6. The van der Waals surface area contributed by atoms with Crippen molar-refractivity contribution in [2.75, 3.05) is 49.2 Å². The molecule has 162 valence electrons. The van der Waals surface area contributed by atoms with Crippen molar-refractivity contribution >= 4 is 56.6 Å². The van der Waals surface area contributed by atoms with Gasteiger partial charge in [-0.25, -0.2) is 0 Å². The number of nitrogens with one attached hydrogen (secondary N) is 1. The molecule has 0 aliphatic carbocycles. The highest BCUT2D eigenvalue weighted by molar-refractivity contribution is 9.10. The summed E-state index contributed by atoms with van der Waals surface area (Å²) in [6.45, 7) is 3.75. The summed E-state index contributed by atoms with van der Waals surface area (Å²) in [5.41, 5.74) is 2.49. The van der Waals surface area contributed by atoms with Crippen molar-refractivity contribution in [3.05, 3.63) is 52.0 Å². The van der Waals surface area contributed by atoms with Gasteiger partial charge in [-0.05, 0) is 53.3 Å². The van der Waals surface area contributed by atoms with Crippen molar-refractivity contribution < 1.29 is 9.21 Å². The largest absolute Gasteiger partial charge is 0.411 e. The Hall–Kier alpha value is -2.07.